The summed E-state index contributed by atoms with van der Waals surface area (Å²) < 4.78 is 0.893. The first-order valence-corrected chi connectivity index (χ1v) is 6.51. The zero-order valence-corrected chi connectivity index (χ0v) is 11.6. The summed E-state index contributed by atoms with van der Waals surface area (Å²) in [5, 5.41) is 18.2. The highest BCUT2D eigenvalue weighted by atomic mass is 79.9. The predicted octanol–water partition coefficient (Wildman–Crippen LogP) is 2.46. The van der Waals surface area contributed by atoms with Gasteiger partial charge in [0.2, 0.25) is 0 Å². The van der Waals surface area contributed by atoms with Crippen LogP contribution in [-0.4, -0.2) is 51.8 Å². The monoisotopic (exact) mass is 328 g/mol. The molecule has 6 nitrogen and oxygen atoms in total. The van der Waals surface area contributed by atoms with Gasteiger partial charge in [-0.05, 0) is 17.7 Å². The van der Waals surface area contributed by atoms with E-state index in [2.05, 4.69) is 15.9 Å². The highest BCUT2D eigenvalue weighted by Crippen LogP contribution is 2.26. The standard InChI is InChI=1S/C12H13BrN2O4/c13-9-3-1-8(2-4-9)10-7-14(11(16)17)5-6-15(10)12(18)19/h1-4,10H,5-7H2,(H,16,17)(H,18,19)/t10-/m0/s1. The summed E-state index contributed by atoms with van der Waals surface area (Å²) >= 11 is 3.31. The number of carboxylic acid groups (broad SMARTS) is 2. The molecule has 0 unspecified atom stereocenters. The molecule has 2 N–H and O–H groups in total. The second-order valence-corrected chi connectivity index (χ2v) is 5.19. The minimum atomic E-state index is -1.03. The van der Waals surface area contributed by atoms with Crippen molar-refractivity contribution in [1.82, 2.24) is 9.80 Å². The SMILES string of the molecule is O=C(O)N1CCN(C(=O)O)[C@H](c2ccc(Br)cc2)C1. The van der Waals surface area contributed by atoms with Crippen LogP contribution in [0.2, 0.25) is 0 Å². The Morgan fingerprint density at radius 3 is 2.26 bits per heavy atom. The Morgan fingerprint density at radius 1 is 1.11 bits per heavy atom. The maximum Gasteiger partial charge on any atom is 0.407 e. The van der Waals surface area contributed by atoms with E-state index in [-0.39, 0.29) is 19.6 Å². The van der Waals surface area contributed by atoms with Crippen LogP contribution in [0.1, 0.15) is 11.6 Å². The van der Waals surface area contributed by atoms with E-state index in [1.807, 2.05) is 12.1 Å². The van der Waals surface area contributed by atoms with Gasteiger partial charge in [-0.1, -0.05) is 28.1 Å². The first-order valence-electron chi connectivity index (χ1n) is 5.72. The Balaban J connectivity index is 2.27. The van der Waals surface area contributed by atoms with Gasteiger partial charge in [-0.3, -0.25) is 4.90 Å². The second kappa shape index (κ2) is 5.48. The summed E-state index contributed by atoms with van der Waals surface area (Å²) in [6.07, 6.45) is -2.05. The molecular formula is C12H13BrN2O4. The highest BCUT2D eigenvalue weighted by molar-refractivity contribution is 9.10. The third-order valence-corrected chi connectivity index (χ3v) is 3.68. The van der Waals surface area contributed by atoms with E-state index in [0.717, 1.165) is 10.0 Å². The number of amides is 2. The van der Waals surface area contributed by atoms with Crippen LogP contribution in [-0.2, 0) is 0 Å². The molecule has 0 bridgehead atoms. The second-order valence-electron chi connectivity index (χ2n) is 4.27. The van der Waals surface area contributed by atoms with Gasteiger partial charge in [0.15, 0.2) is 0 Å². The normalized spacial score (nSPS) is 19.3. The van der Waals surface area contributed by atoms with E-state index in [1.165, 1.54) is 9.80 Å². The summed E-state index contributed by atoms with van der Waals surface area (Å²) in [6.45, 7) is 0.542. The first-order chi connectivity index (χ1) is 8.99. The van der Waals surface area contributed by atoms with Gasteiger partial charge in [-0.2, -0.15) is 0 Å². The molecule has 0 saturated carbocycles. The van der Waals surface area contributed by atoms with Crippen molar-refractivity contribution in [3.05, 3.63) is 34.3 Å². The topological polar surface area (TPSA) is 81.1 Å². The van der Waals surface area contributed by atoms with Crippen molar-refractivity contribution in [3.8, 4) is 0 Å². The quantitative estimate of drug-likeness (QED) is 0.829. The van der Waals surface area contributed by atoms with Crippen molar-refractivity contribution in [1.29, 1.82) is 0 Å². The summed E-state index contributed by atoms with van der Waals surface area (Å²) in [5.41, 5.74) is 0.788. The molecule has 0 spiro atoms. The Hall–Kier alpha value is -1.76. The Bertz CT molecular complexity index is 491. The molecule has 1 aromatic rings. The van der Waals surface area contributed by atoms with E-state index in [9.17, 15) is 14.7 Å². The van der Waals surface area contributed by atoms with Crippen molar-refractivity contribution in [2.75, 3.05) is 19.6 Å². The van der Waals surface area contributed by atoms with Gasteiger partial charge in [0.05, 0.1) is 6.04 Å². The fourth-order valence-electron chi connectivity index (χ4n) is 2.16. The number of carbonyl (C=O) groups is 2. The molecule has 1 atom stereocenters. The van der Waals surface area contributed by atoms with E-state index in [1.54, 1.807) is 12.1 Å². The van der Waals surface area contributed by atoms with E-state index in [4.69, 9.17) is 5.11 Å². The lowest BCUT2D eigenvalue weighted by Gasteiger charge is -2.38. The van der Waals surface area contributed by atoms with Crippen molar-refractivity contribution >= 4 is 28.1 Å². The van der Waals surface area contributed by atoms with Gasteiger partial charge in [0.25, 0.3) is 0 Å². The van der Waals surface area contributed by atoms with Gasteiger partial charge in [-0.15, -0.1) is 0 Å². The maximum atomic E-state index is 11.2. The van der Waals surface area contributed by atoms with Crippen molar-refractivity contribution in [2.45, 2.75) is 6.04 Å². The van der Waals surface area contributed by atoms with Crippen LogP contribution in [0.5, 0.6) is 0 Å². The molecular weight excluding hydrogens is 316 g/mol. The molecule has 0 aliphatic carbocycles. The maximum absolute atomic E-state index is 11.2. The van der Waals surface area contributed by atoms with Gasteiger partial charge in [-0.25, -0.2) is 9.59 Å². The number of rotatable bonds is 1. The summed E-state index contributed by atoms with van der Waals surface area (Å²) in [6, 6.07) is 6.77. The number of benzene rings is 1. The molecule has 1 heterocycles. The van der Waals surface area contributed by atoms with Crippen LogP contribution in [0, 0.1) is 0 Å². The van der Waals surface area contributed by atoms with Gasteiger partial charge in [0.1, 0.15) is 0 Å². The zero-order chi connectivity index (χ0) is 14.0. The van der Waals surface area contributed by atoms with Crippen molar-refractivity contribution in [2.24, 2.45) is 0 Å². The molecule has 1 fully saturated rings. The molecule has 102 valence electrons. The minimum absolute atomic E-state index is 0.156. The zero-order valence-electron chi connectivity index (χ0n) is 9.99. The van der Waals surface area contributed by atoms with Crippen LogP contribution in [0.3, 0.4) is 0 Å². The number of halogens is 1. The van der Waals surface area contributed by atoms with Gasteiger partial charge < -0.3 is 15.1 Å². The molecule has 1 aromatic carbocycles. The summed E-state index contributed by atoms with van der Waals surface area (Å²) in [5.74, 6) is 0. The lowest BCUT2D eigenvalue weighted by molar-refractivity contribution is 0.0635. The van der Waals surface area contributed by atoms with E-state index in [0.29, 0.717) is 0 Å². The number of hydrogen-bond donors (Lipinski definition) is 2. The summed E-state index contributed by atoms with van der Waals surface area (Å²) in [4.78, 5) is 24.8. The fraction of sp³-hybridized carbons (Fsp3) is 0.333. The smallest absolute Gasteiger partial charge is 0.407 e. The van der Waals surface area contributed by atoms with Gasteiger partial charge >= 0.3 is 12.2 Å². The molecule has 2 rings (SSSR count). The molecule has 1 saturated heterocycles. The van der Waals surface area contributed by atoms with Crippen LogP contribution < -0.4 is 0 Å². The molecule has 0 radical (unpaired) electrons. The third kappa shape index (κ3) is 2.98. The molecule has 2 amide bonds. The Morgan fingerprint density at radius 2 is 1.74 bits per heavy atom. The van der Waals surface area contributed by atoms with Crippen molar-refractivity contribution < 1.29 is 19.8 Å². The molecule has 1 aliphatic rings. The Labute approximate surface area is 118 Å². The molecule has 1 aliphatic heterocycles. The number of hydrogen-bond acceptors (Lipinski definition) is 2. The predicted molar refractivity (Wildman–Crippen MR) is 71.2 cm³/mol. The first kappa shape index (κ1) is 13.7. The number of piperazine rings is 1. The van der Waals surface area contributed by atoms with Crippen LogP contribution in [0.15, 0.2) is 28.7 Å². The molecule has 7 heteroatoms. The van der Waals surface area contributed by atoms with Crippen molar-refractivity contribution in [3.63, 3.8) is 0 Å². The Kier molecular flexibility index (Phi) is 3.94. The largest absolute Gasteiger partial charge is 0.465 e. The average molecular weight is 329 g/mol. The van der Waals surface area contributed by atoms with Gasteiger partial charge in [0, 0.05) is 24.1 Å². The minimum Gasteiger partial charge on any atom is -0.465 e. The van der Waals surface area contributed by atoms with Crippen LogP contribution in [0.4, 0.5) is 9.59 Å². The van der Waals surface area contributed by atoms with E-state index < -0.39 is 18.2 Å². The fourth-order valence-corrected chi connectivity index (χ4v) is 2.42. The third-order valence-electron chi connectivity index (χ3n) is 3.15. The average Bonchev–Trinajstić information content (AvgIpc) is 2.38. The highest BCUT2D eigenvalue weighted by Gasteiger charge is 2.33. The summed E-state index contributed by atoms with van der Waals surface area (Å²) in [7, 11) is 0. The van der Waals surface area contributed by atoms with Crippen LogP contribution >= 0.6 is 15.9 Å². The lowest BCUT2D eigenvalue weighted by atomic mass is 10.0. The lowest BCUT2D eigenvalue weighted by Crippen LogP contribution is -2.51. The number of nitrogens with zero attached hydrogens (tertiary/aromatic N) is 2. The van der Waals surface area contributed by atoms with Crippen LogP contribution in [0.25, 0.3) is 0 Å². The molecule has 19 heavy (non-hydrogen) atoms. The van der Waals surface area contributed by atoms with E-state index >= 15 is 0 Å². The molecule has 0 aromatic heterocycles.